The Balaban J connectivity index is 2.32. The second-order valence-electron chi connectivity index (χ2n) is 5.04. The Morgan fingerprint density at radius 3 is 2.88 bits per heavy atom. The van der Waals surface area contributed by atoms with Crippen LogP contribution in [0.3, 0.4) is 0 Å². The van der Waals surface area contributed by atoms with Gasteiger partial charge in [0.1, 0.15) is 0 Å². The van der Waals surface area contributed by atoms with Crippen molar-refractivity contribution in [1.29, 1.82) is 0 Å². The average Bonchev–Trinajstić information content (AvgIpc) is 2.22. The Bertz CT molecular complexity index is 231. The lowest BCUT2D eigenvalue weighted by Crippen LogP contribution is -2.46. The number of rotatable bonds is 5. The number of piperidine rings is 1. The summed E-state index contributed by atoms with van der Waals surface area (Å²) in [6, 6.07) is 0.366. The molecule has 1 aliphatic rings. The Hall–Kier alpha value is -0.610. The van der Waals surface area contributed by atoms with E-state index in [9.17, 15) is 9.90 Å². The highest BCUT2D eigenvalue weighted by atomic mass is 16.3. The highest BCUT2D eigenvalue weighted by Crippen LogP contribution is 2.17. The minimum absolute atomic E-state index is 0.124. The van der Waals surface area contributed by atoms with Gasteiger partial charge in [-0.25, -0.2) is 0 Å². The van der Waals surface area contributed by atoms with Gasteiger partial charge in [0.05, 0.1) is 6.10 Å². The first-order valence-corrected chi connectivity index (χ1v) is 6.21. The molecule has 0 radical (unpaired) electrons. The molecule has 4 heteroatoms. The van der Waals surface area contributed by atoms with E-state index in [0.29, 0.717) is 19.1 Å². The van der Waals surface area contributed by atoms with Crippen LogP contribution < -0.4 is 5.32 Å². The zero-order valence-corrected chi connectivity index (χ0v) is 10.6. The molecular weight excluding hydrogens is 204 g/mol. The summed E-state index contributed by atoms with van der Waals surface area (Å²) in [5.74, 6) is 0.314. The van der Waals surface area contributed by atoms with Crippen molar-refractivity contribution in [2.45, 2.75) is 45.8 Å². The van der Waals surface area contributed by atoms with Crippen molar-refractivity contribution < 1.29 is 9.90 Å². The largest absolute Gasteiger partial charge is 0.390 e. The third kappa shape index (κ3) is 4.10. The van der Waals surface area contributed by atoms with Gasteiger partial charge in [0.25, 0.3) is 0 Å². The van der Waals surface area contributed by atoms with Crippen LogP contribution in [0, 0.1) is 5.92 Å². The van der Waals surface area contributed by atoms with Gasteiger partial charge in [-0.15, -0.1) is 0 Å². The van der Waals surface area contributed by atoms with Crippen molar-refractivity contribution in [2.75, 3.05) is 19.6 Å². The molecule has 0 aromatic rings. The molecule has 1 fully saturated rings. The fourth-order valence-electron chi connectivity index (χ4n) is 2.01. The molecule has 0 aliphatic carbocycles. The maximum atomic E-state index is 11.8. The maximum absolute atomic E-state index is 11.8. The third-order valence-corrected chi connectivity index (χ3v) is 2.99. The zero-order valence-electron chi connectivity index (χ0n) is 10.6. The van der Waals surface area contributed by atoms with Crippen LogP contribution in [0.5, 0.6) is 0 Å². The lowest BCUT2D eigenvalue weighted by Gasteiger charge is -2.32. The molecule has 0 aromatic heterocycles. The van der Waals surface area contributed by atoms with Gasteiger partial charge in [0.2, 0.25) is 5.91 Å². The molecule has 16 heavy (non-hydrogen) atoms. The van der Waals surface area contributed by atoms with Crippen LogP contribution in [0.2, 0.25) is 0 Å². The smallest absolute Gasteiger partial charge is 0.225 e. The molecule has 0 saturated carbocycles. The highest BCUT2D eigenvalue weighted by Gasteiger charge is 2.26. The van der Waals surface area contributed by atoms with Crippen LogP contribution >= 0.6 is 0 Å². The molecular formula is C12H24N2O2. The number of nitrogens with one attached hydrogen (secondary N) is 1. The third-order valence-electron chi connectivity index (χ3n) is 2.99. The lowest BCUT2D eigenvalue weighted by molar-refractivity contribution is -0.139. The van der Waals surface area contributed by atoms with Gasteiger partial charge < -0.3 is 15.3 Å². The molecule has 4 nitrogen and oxygen atoms in total. The van der Waals surface area contributed by atoms with Crippen LogP contribution in [-0.4, -0.2) is 47.7 Å². The van der Waals surface area contributed by atoms with E-state index in [4.69, 9.17) is 0 Å². The molecule has 0 aromatic carbocycles. The predicted octanol–water partition coefficient (Wildman–Crippen LogP) is 0.604. The van der Waals surface area contributed by atoms with Crippen molar-refractivity contribution in [3.63, 3.8) is 0 Å². The van der Waals surface area contributed by atoms with E-state index < -0.39 is 6.10 Å². The molecule has 2 unspecified atom stereocenters. The molecule has 0 bridgehead atoms. The number of carbonyl (C=O) groups is 1. The summed E-state index contributed by atoms with van der Waals surface area (Å²) in [6.07, 6.45) is 1.57. The van der Waals surface area contributed by atoms with Gasteiger partial charge in [-0.05, 0) is 12.8 Å². The van der Waals surface area contributed by atoms with Crippen LogP contribution in [0.25, 0.3) is 0 Å². The van der Waals surface area contributed by atoms with E-state index in [-0.39, 0.29) is 11.8 Å². The quantitative estimate of drug-likeness (QED) is 0.724. The number of hydrogen-bond acceptors (Lipinski definition) is 3. The van der Waals surface area contributed by atoms with Crippen LogP contribution in [0.15, 0.2) is 0 Å². The molecule has 1 saturated heterocycles. The first-order chi connectivity index (χ1) is 7.50. The molecule has 1 heterocycles. The van der Waals surface area contributed by atoms with E-state index in [1.165, 1.54) is 0 Å². The van der Waals surface area contributed by atoms with Gasteiger partial charge in [-0.3, -0.25) is 4.79 Å². The van der Waals surface area contributed by atoms with Crippen molar-refractivity contribution in [2.24, 2.45) is 5.92 Å². The van der Waals surface area contributed by atoms with Gasteiger partial charge in [0.15, 0.2) is 0 Å². The molecule has 1 aliphatic heterocycles. The predicted molar refractivity (Wildman–Crippen MR) is 64.1 cm³/mol. The van der Waals surface area contributed by atoms with E-state index in [2.05, 4.69) is 5.32 Å². The van der Waals surface area contributed by atoms with Crippen molar-refractivity contribution in [3.8, 4) is 0 Å². The first-order valence-electron chi connectivity index (χ1n) is 6.21. The Morgan fingerprint density at radius 2 is 2.25 bits per heavy atom. The fourth-order valence-corrected chi connectivity index (χ4v) is 2.01. The Kier molecular flexibility index (Phi) is 5.22. The number of aliphatic hydroxyl groups excluding tert-OH is 1. The molecule has 94 valence electrons. The van der Waals surface area contributed by atoms with Crippen molar-refractivity contribution in [1.82, 2.24) is 10.2 Å². The number of carbonyl (C=O) groups excluding carboxylic acids is 1. The number of hydrogen-bond donors (Lipinski definition) is 2. The number of nitrogens with zero attached hydrogens (tertiary/aromatic N) is 1. The molecule has 1 amide bonds. The standard InChI is InChI=1S/C12H24N2O2/c1-9(2)13-7-11(15)8-14-6-4-5-10(3)12(14)16/h9-11,13,15H,4-8H2,1-3H3. The summed E-state index contributed by atoms with van der Waals surface area (Å²) < 4.78 is 0. The van der Waals surface area contributed by atoms with Gasteiger partial charge in [-0.2, -0.15) is 0 Å². The van der Waals surface area contributed by atoms with E-state index in [1.807, 2.05) is 20.8 Å². The molecule has 2 N–H and O–H groups in total. The lowest BCUT2D eigenvalue weighted by atomic mass is 9.99. The Labute approximate surface area is 98.0 Å². The highest BCUT2D eigenvalue weighted by molar-refractivity contribution is 5.79. The van der Waals surface area contributed by atoms with Crippen LogP contribution in [0.1, 0.15) is 33.6 Å². The van der Waals surface area contributed by atoms with Gasteiger partial charge >= 0.3 is 0 Å². The van der Waals surface area contributed by atoms with E-state index in [1.54, 1.807) is 4.90 Å². The van der Waals surface area contributed by atoms with Gasteiger partial charge in [-0.1, -0.05) is 20.8 Å². The SMILES string of the molecule is CC(C)NCC(O)CN1CCCC(C)C1=O. The monoisotopic (exact) mass is 228 g/mol. The average molecular weight is 228 g/mol. The first kappa shape index (κ1) is 13.5. The van der Waals surface area contributed by atoms with Crippen LogP contribution in [-0.2, 0) is 4.79 Å². The summed E-state index contributed by atoms with van der Waals surface area (Å²) in [5.41, 5.74) is 0. The van der Waals surface area contributed by atoms with Gasteiger partial charge in [0, 0.05) is 31.6 Å². The molecule has 2 atom stereocenters. The number of amides is 1. The maximum Gasteiger partial charge on any atom is 0.225 e. The fraction of sp³-hybridized carbons (Fsp3) is 0.917. The van der Waals surface area contributed by atoms with Crippen LogP contribution in [0.4, 0.5) is 0 Å². The Morgan fingerprint density at radius 1 is 1.56 bits per heavy atom. The normalized spacial score (nSPS) is 23.9. The number of likely N-dealkylation sites (tertiary alicyclic amines) is 1. The minimum atomic E-state index is -0.461. The second-order valence-corrected chi connectivity index (χ2v) is 5.04. The zero-order chi connectivity index (χ0) is 12.1. The van der Waals surface area contributed by atoms with E-state index >= 15 is 0 Å². The van der Waals surface area contributed by atoms with Crippen molar-refractivity contribution in [3.05, 3.63) is 0 Å². The number of β-amino-alcohol motifs (C(OH)–C–C–N with tert-alkyl or cyclic N) is 1. The van der Waals surface area contributed by atoms with Crippen molar-refractivity contribution >= 4 is 5.91 Å². The summed E-state index contributed by atoms with van der Waals surface area (Å²) in [4.78, 5) is 13.6. The summed E-state index contributed by atoms with van der Waals surface area (Å²) in [5, 5.41) is 13.0. The minimum Gasteiger partial charge on any atom is -0.390 e. The summed E-state index contributed by atoms with van der Waals surface area (Å²) in [6.45, 7) is 7.86. The van der Waals surface area contributed by atoms with E-state index in [0.717, 1.165) is 19.4 Å². The summed E-state index contributed by atoms with van der Waals surface area (Å²) >= 11 is 0. The molecule has 0 spiro atoms. The molecule has 1 rings (SSSR count). The summed E-state index contributed by atoms with van der Waals surface area (Å²) in [7, 11) is 0. The second kappa shape index (κ2) is 6.21. The number of aliphatic hydroxyl groups is 1. The topological polar surface area (TPSA) is 52.6 Å².